The second-order valence-electron chi connectivity index (χ2n) is 6.74. The van der Waals surface area contributed by atoms with Crippen LogP contribution < -0.4 is 10.6 Å². The molecule has 1 aromatic carbocycles. The molecule has 6 nitrogen and oxygen atoms in total. The van der Waals surface area contributed by atoms with E-state index in [1.165, 1.54) is 5.56 Å². The zero-order chi connectivity index (χ0) is 17.5. The fourth-order valence-electron chi connectivity index (χ4n) is 2.81. The number of ether oxygens (including phenoxy) is 1. The monoisotopic (exact) mass is 335 g/mol. The van der Waals surface area contributed by atoms with Gasteiger partial charge in [0, 0.05) is 19.1 Å². The van der Waals surface area contributed by atoms with Crippen molar-refractivity contribution in [3.8, 4) is 0 Å². The molecule has 0 bridgehead atoms. The summed E-state index contributed by atoms with van der Waals surface area (Å²) in [6.07, 6.45) is -0.0178. The fourth-order valence-corrected chi connectivity index (χ4v) is 2.81. The molecule has 1 heterocycles. The van der Waals surface area contributed by atoms with E-state index in [1.54, 1.807) is 0 Å². The predicted octanol–water partition coefficient (Wildman–Crippen LogP) is 0.997. The molecule has 0 saturated carbocycles. The number of urea groups is 1. The first kappa shape index (κ1) is 18.7. The summed E-state index contributed by atoms with van der Waals surface area (Å²) in [5, 5.41) is 15.9. The molecule has 0 radical (unpaired) electrons. The Balaban J connectivity index is 1.74. The first-order valence-electron chi connectivity index (χ1n) is 8.55. The van der Waals surface area contributed by atoms with Gasteiger partial charge in [-0.25, -0.2) is 4.79 Å². The summed E-state index contributed by atoms with van der Waals surface area (Å²) in [5.74, 6) is 0. The lowest BCUT2D eigenvalue weighted by molar-refractivity contribution is 0.0205. The number of aliphatic hydroxyl groups is 1. The quantitative estimate of drug-likeness (QED) is 0.695. The fraction of sp³-hybridized carbons (Fsp3) is 0.611. The molecular weight excluding hydrogens is 306 g/mol. The van der Waals surface area contributed by atoms with Crippen LogP contribution in [0.2, 0.25) is 0 Å². The molecule has 24 heavy (non-hydrogen) atoms. The lowest BCUT2D eigenvalue weighted by Gasteiger charge is -2.24. The van der Waals surface area contributed by atoms with Gasteiger partial charge in [-0.3, -0.25) is 0 Å². The Morgan fingerprint density at radius 3 is 2.75 bits per heavy atom. The van der Waals surface area contributed by atoms with Gasteiger partial charge in [-0.2, -0.15) is 0 Å². The van der Waals surface area contributed by atoms with E-state index < -0.39 is 6.10 Å². The van der Waals surface area contributed by atoms with Gasteiger partial charge in [-0.1, -0.05) is 30.3 Å². The first-order chi connectivity index (χ1) is 11.5. The van der Waals surface area contributed by atoms with Crippen LogP contribution in [-0.2, 0) is 11.2 Å². The Morgan fingerprint density at radius 2 is 2.08 bits per heavy atom. The van der Waals surface area contributed by atoms with E-state index >= 15 is 0 Å². The lowest BCUT2D eigenvalue weighted by Crippen LogP contribution is -2.50. The standard InChI is InChI=1S/C18H29N3O3/c1-13(2)19-18(23)20-15-12-24-16(17(15)22)11-21(3)10-9-14-7-5-4-6-8-14/h4-8,13,15-17,22H,9-12H2,1-3H3,(H2,19,20,23). The van der Waals surface area contributed by atoms with E-state index in [4.69, 9.17) is 4.74 Å². The van der Waals surface area contributed by atoms with Gasteiger partial charge in [0.15, 0.2) is 0 Å². The zero-order valence-corrected chi connectivity index (χ0v) is 14.7. The van der Waals surface area contributed by atoms with Crippen molar-refractivity contribution in [1.29, 1.82) is 0 Å². The number of hydrogen-bond acceptors (Lipinski definition) is 4. The molecule has 0 aliphatic carbocycles. The molecule has 3 atom stereocenters. The van der Waals surface area contributed by atoms with Crippen molar-refractivity contribution >= 4 is 6.03 Å². The molecule has 0 spiro atoms. The number of benzene rings is 1. The van der Waals surface area contributed by atoms with Gasteiger partial charge in [0.1, 0.15) is 6.10 Å². The third kappa shape index (κ3) is 5.78. The van der Waals surface area contributed by atoms with Crippen LogP contribution in [-0.4, -0.2) is 67.1 Å². The number of rotatable bonds is 7. The number of likely N-dealkylation sites (N-methyl/N-ethyl adjacent to an activating group) is 1. The van der Waals surface area contributed by atoms with Gasteiger partial charge in [0.2, 0.25) is 0 Å². The summed E-state index contributed by atoms with van der Waals surface area (Å²) < 4.78 is 5.67. The van der Waals surface area contributed by atoms with Gasteiger partial charge < -0.3 is 25.4 Å². The van der Waals surface area contributed by atoms with Crippen molar-refractivity contribution in [3.63, 3.8) is 0 Å². The molecule has 1 aliphatic heterocycles. The molecule has 2 rings (SSSR count). The highest BCUT2D eigenvalue weighted by Crippen LogP contribution is 2.15. The smallest absolute Gasteiger partial charge is 0.315 e. The van der Waals surface area contributed by atoms with Crippen LogP contribution in [0.15, 0.2) is 30.3 Å². The average Bonchev–Trinajstić information content (AvgIpc) is 2.86. The number of nitrogens with zero attached hydrogens (tertiary/aromatic N) is 1. The van der Waals surface area contributed by atoms with Gasteiger partial charge in [0.25, 0.3) is 0 Å². The number of carbonyl (C=O) groups is 1. The molecule has 2 amide bonds. The van der Waals surface area contributed by atoms with Gasteiger partial charge in [0.05, 0.1) is 18.8 Å². The van der Waals surface area contributed by atoms with Crippen LogP contribution in [0.4, 0.5) is 4.79 Å². The van der Waals surface area contributed by atoms with E-state index in [1.807, 2.05) is 39.1 Å². The minimum absolute atomic E-state index is 0.0596. The van der Waals surface area contributed by atoms with E-state index in [0.717, 1.165) is 13.0 Å². The Bertz CT molecular complexity index is 509. The largest absolute Gasteiger partial charge is 0.388 e. The number of amides is 2. The normalized spacial score (nSPS) is 23.7. The Labute approximate surface area is 144 Å². The number of aliphatic hydroxyl groups excluding tert-OH is 1. The van der Waals surface area contributed by atoms with Crippen molar-refractivity contribution in [1.82, 2.24) is 15.5 Å². The molecule has 1 aromatic rings. The molecule has 1 aliphatic rings. The summed E-state index contributed by atoms with van der Waals surface area (Å²) in [4.78, 5) is 13.9. The predicted molar refractivity (Wildman–Crippen MR) is 94.0 cm³/mol. The van der Waals surface area contributed by atoms with Crippen LogP contribution in [0, 0.1) is 0 Å². The second kappa shape index (κ2) is 9.01. The van der Waals surface area contributed by atoms with Crippen LogP contribution in [0.1, 0.15) is 19.4 Å². The maximum absolute atomic E-state index is 11.7. The Kier molecular flexibility index (Phi) is 7.02. The topological polar surface area (TPSA) is 73.8 Å². The molecule has 6 heteroatoms. The summed E-state index contributed by atoms with van der Waals surface area (Å²) in [5.41, 5.74) is 1.29. The number of nitrogens with one attached hydrogen (secondary N) is 2. The van der Waals surface area contributed by atoms with Gasteiger partial charge >= 0.3 is 6.03 Å². The van der Waals surface area contributed by atoms with Crippen molar-refractivity contribution in [2.24, 2.45) is 0 Å². The minimum Gasteiger partial charge on any atom is -0.388 e. The first-order valence-corrected chi connectivity index (χ1v) is 8.55. The second-order valence-corrected chi connectivity index (χ2v) is 6.74. The average molecular weight is 335 g/mol. The molecule has 1 saturated heterocycles. The number of carbonyl (C=O) groups excluding carboxylic acids is 1. The highest BCUT2D eigenvalue weighted by molar-refractivity contribution is 5.74. The minimum atomic E-state index is -0.693. The molecular formula is C18H29N3O3. The van der Waals surface area contributed by atoms with Crippen molar-refractivity contribution in [2.75, 3.05) is 26.7 Å². The summed E-state index contributed by atoms with van der Waals surface area (Å²) in [7, 11) is 2.02. The van der Waals surface area contributed by atoms with Gasteiger partial charge in [-0.05, 0) is 32.9 Å². The van der Waals surface area contributed by atoms with Crippen molar-refractivity contribution in [2.45, 2.75) is 44.6 Å². The molecule has 1 fully saturated rings. The van der Waals surface area contributed by atoms with E-state index in [2.05, 4.69) is 27.7 Å². The molecule has 3 unspecified atom stereocenters. The SMILES string of the molecule is CC(C)NC(=O)NC1COC(CN(C)CCc2ccccc2)C1O. The highest BCUT2D eigenvalue weighted by Gasteiger charge is 2.37. The highest BCUT2D eigenvalue weighted by atomic mass is 16.5. The van der Waals surface area contributed by atoms with Gasteiger partial charge in [-0.15, -0.1) is 0 Å². The van der Waals surface area contributed by atoms with Crippen molar-refractivity contribution in [3.05, 3.63) is 35.9 Å². The van der Waals surface area contributed by atoms with Crippen molar-refractivity contribution < 1.29 is 14.6 Å². The summed E-state index contributed by atoms with van der Waals surface area (Å²) in [6, 6.07) is 9.74. The van der Waals surface area contributed by atoms with Crippen LogP contribution in [0.25, 0.3) is 0 Å². The van der Waals surface area contributed by atoms with Crippen LogP contribution in [0.5, 0.6) is 0 Å². The number of hydrogen-bond donors (Lipinski definition) is 3. The van der Waals surface area contributed by atoms with E-state index in [-0.39, 0.29) is 24.2 Å². The lowest BCUT2D eigenvalue weighted by atomic mass is 10.1. The van der Waals surface area contributed by atoms with Crippen LogP contribution >= 0.6 is 0 Å². The molecule has 3 N–H and O–H groups in total. The summed E-state index contributed by atoms with van der Waals surface area (Å²) in [6.45, 7) is 5.65. The third-order valence-electron chi connectivity index (χ3n) is 4.14. The summed E-state index contributed by atoms with van der Waals surface area (Å²) >= 11 is 0. The van der Waals surface area contributed by atoms with Crippen LogP contribution in [0.3, 0.4) is 0 Å². The molecule has 0 aromatic heterocycles. The van der Waals surface area contributed by atoms with E-state index in [9.17, 15) is 9.90 Å². The molecule has 134 valence electrons. The zero-order valence-electron chi connectivity index (χ0n) is 14.7. The van der Waals surface area contributed by atoms with E-state index in [0.29, 0.717) is 13.2 Å². The Hall–Kier alpha value is -1.63. The maximum atomic E-state index is 11.7. The Morgan fingerprint density at radius 1 is 1.38 bits per heavy atom. The third-order valence-corrected chi connectivity index (χ3v) is 4.14. The maximum Gasteiger partial charge on any atom is 0.315 e.